The summed E-state index contributed by atoms with van der Waals surface area (Å²) < 4.78 is 21.2. The molecule has 0 saturated carbocycles. The zero-order valence-corrected chi connectivity index (χ0v) is 22.1. The summed E-state index contributed by atoms with van der Waals surface area (Å²) >= 11 is 1.51. The molecule has 1 aliphatic rings. The van der Waals surface area contributed by atoms with Crippen LogP contribution >= 0.6 is 11.8 Å². The summed E-state index contributed by atoms with van der Waals surface area (Å²) in [6.45, 7) is 15.6. The van der Waals surface area contributed by atoms with Crippen LogP contribution in [-0.4, -0.2) is 43.5 Å². The minimum Gasteiger partial charge on any atom is -0.459 e. The van der Waals surface area contributed by atoms with Gasteiger partial charge in [-0.2, -0.15) is 0 Å². The molecule has 2 aromatic heterocycles. The van der Waals surface area contributed by atoms with Gasteiger partial charge in [0, 0.05) is 24.0 Å². The number of anilines is 2. The van der Waals surface area contributed by atoms with Crippen LogP contribution in [0.1, 0.15) is 51.8 Å². The van der Waals surface area contributed by atoms with E-state index in [1.54, 1.807) is 12.4 Å². The number of nitrogens with zero attached hydrogens (tertiary/aromatic N) is 3. The Bertz CT molecular complexity index is 1070. The number of aryl methyl sites for hydroxylation is 1. The monoisotopic (exact) mass is 502 g/mol. The summed E-state index contributed by atoms with van der Waals surface area (Å²) in [7, 11) is -1.19. The van der Waals surface area contributed by atoms with Crippen molar-refractivity contribution < 1.29 is 8.95 Å². The quantitative estimate of drug-likeness (QED) is 0.396. The Morgan fingerprint density at radius 3 is 2.79 bits per heavy atom. The highest BCUT2D eigenvalue weighted by molar-refractivity contribution is 8.11. The standard InChI is InChI=1S/C24H34N6O2S2/c1-15(2)33-23(20-9-11-26-24(29-20)28-19-8-7-10-25-13-19)18(6)32-21-14-27-22(12-17(21)5)30-34(31)16(3)4/h9,11-12,14,16,19,25H,1,7-8,10,13H2,2-6H3,(H,27,30)(H,26,28,29)/b23-18+. The molecule has 2 atom stereocenters. The Labute approximate surface area is 209 Å². The van der Waals surface area contributed by atoms with Crippen molar-refractivity contribution in [3.63, 3.8) is 0 Å². The number of hydrogen-bond acceptors (Lipinski definition) is 8. The van der Waals surface area contributed by atoms with Gasteiger partial charge in [0.05, 0.1) is 16.8 Å². The third-order valence-corrected chi connectivity index (χ3v) is 7.39. The average Bonchev–Trinajstić information content (AvgIpc) is 2.80. The number of ether oxygens (including phenoxy) is 1. The molecule has 1 saturated heterocycles. The molecule has 0 radical (unpaired) electrons. The summed E-state index contributed by atoms with van der Waals surface area (Å²) in [4.78, 5) is 15.3. The maximum atomic E-state index is 12.1. The maximum absolute atomic E-state index is 12.1. The minimum absolute atomic E-state index is 0.00782. The van der Waals surface area contributed by atoms with Crippen LogP contribution in [0.5, 0.6) is 5.75 Å². The van der Waals surface area contributed by atoms with E-state index in [1.165, 1.54) is 11.8 Å². The first-order chi connectivity index (χ1) is 16.2. The normalized spacial score (nSPS) is 17.6. The lowest BCUT2D eigenvalue weighted by molar-refractivity contribution is 0.427. The maximum Gasteiger partial charge on any atom is 0.223 e. The highest BCUT2D eigenvalue weighted by atomic mass is 32.2. The molecule has 3 rings (SSSR count). The lowest BCUT2D eigenvalue weighted by Crippen LogP contribution is -2.38. The number of piperidine rings is 1. The molecule has 0 aromatic carbocycles. The van der Waals surface area contributed by atoms with Gasteiger partial charge in [0.25, 0.3) is 0 Å². The molecule has 0 spiro atoms. The van der Waals surface area contributed by atoms with Crippen molar-refractivity contribution in [1.29, 1.82) is 0 Å². The van der Waals surface area contributed by atoms with E-state index in [0.29, 0.717) is 29.3 Å². The SMILES string of the molecule is C=C(C)S/C(=C(\C)Oc1cnc(NS(=O)C(C)C)cc1C)c1ccnc(NC2CCCNC2)n1. The molecule has 2 unspecified atom stereocenters. The second-order valence-electron chi connectivity index (χ2n) is 8.53. The topological polar surface area (TPSA) is 101 Å². The van der Waals surface area contributed by atoms with Crippen molar-refractivity contribution in [2.45, 2.75) is 58.8 Å². The van der Waals surface area contributed by atoms with Gasteiger partial charge in [-0.05, 0) is 76.6 Å². The van der Waals surface area contributed by atoms with E-state index in [0.717, 1.165) is 47.0 Å². The molecular weight excluding hydrogens is 468 g/mol. The van der Waals surface area contributed by atoms with Crippen molar-refractivity contribution in [3.8, 4) is 5.75 Å². The first kappa shape index (κ1) is 26.2. The van der Waals surface area contributed by atoms with Crippen LogP contribution in [0.4, 0.5) is 11.8 Å². The lowest BCUT2D eigenvalue weighted by Gasteiger charge is -2.24. The van der Waals surface area contributed by atoms with Crippen LogP contribution in [-0.2, 0) is 11.0 Å². The number of nitrogens with one attached hydrogen (secondary N) is 3. The van der Waals surface area contributed by atoms with E-state index in [1.807, 2.05) is 46.8 Å². The molecule has 3 N–H and O–H groups in total. The Morgan fingerprint density at radius 1 is 1.35 bits per heavy atom. The van der Waals surface area contributed by atoms with Crippen LogP contribution < -0.4 is 20.1 Å². The first-order valence-corrected chi connectivity index (χ1v) is 13.4. The van der Waals surface area contributed by atoms with Gasteiger partial charge >= 0.3 is 0 Å². The zero-order chi connectivity index (χ0) is 24.7. The molecule has 0 amide bonds. The fraction of sp³-hybridized carbons (Fsp3) is 0.458. The molecule has 184 valence electrons. The van der Waals surface area contributed by atoms with Crippen LogP contribution in [0, 0.1) is 6.92 Å². The van der Waals surface area contributed by atoms with Crippen molar-refractivity contribution in [2.75, 3.05) is 23.1 Å². The average molecular weight is 503 g/mol. The predicted molar refractivity (Wildman–Crippen MR) is 143 cm³/mol. The van der Waals surface area contributed by atoms with Gasteiger partial charge in [-0.1, -0.05) is 18.3 Å². The molecule has 0 bridgehead atoms. The Kier molecular flexibility index (Phi) is 9.49. The Hall–Kier alpha value is -2.43. The summed E-state index contributed by atoms with van der Waals surface area (Å²) in [6, 6.07) is 4.02. The van der Waals surface area contributed by atoms with Gasteiger partial charge in [0.15, 0.2) is 0 Å². The number of thioether (sulfide) groups is 1. The van der Waals surface area contributed by atoms with E-state index >= 15 is 0 Å². The molecule has 8 nitrogen and oxygen atoms in total. The molecule has 0 aliphatic carbocycles. The van der Waals surface area contributed by atoms with Crippen LogP contribution in [0.25, 0.3) is 4.91 Å². The third kappa shape index (κ3) is 7.54. The summed E-state index contributed by atoms with van der Waals surface area (Å²) in [6.07, 6.45) is 5.63. The van der Waals surface area contributed by atoms with Gasteiger partial charge in [-0.15, -0.1) is 0 Å². The minimum atomic E-state index is -1.19. The highest BCUT2D eigenvalue weighted by Crippen LogP contribution is 2.36. The largest absolute Gasteiger partial charge is 0.459 e. The number of allylic oxidation sites excluding steroid dienone is 2. The predicted octanol–water partition coefficient (Wildman–Crippen LogP) is 4.86. The van der Waals surface area contributed by atoms with E-state index in [4.69, 9.17) is 9.72 Å². The number of hydrogen-bond donors (Lipinski definition) is 3. The second-order valence-corrected chi connectivity index (χ2v) is 11.6. The smallest absolute Gasteiger partial charge is 0.223 e. The van der Waals surface area contributed by atoms with Gasteiger partial charge in [0.1, 0.15) is 28.3 Å². The van der Waals surface area contributed by atoms with Crippen LogP contribution in [0.15, 0.2) is 41.8 Å². The molecule has 1 fully saturated rings. The highest BCUT2D eigenvalue weighted by Gasteiger charge is 2.17. The van der Waals surface area contributed by atoms with Gasteiger partial charge in [-0.25, -0.2) is 19.2 Å². The fourth-order valence-corrected chi connectivity index (χ4v) is 4.63. The fourth-order valence-electron chi connectivity index (χ4n) is 3.33. The number of rotatable bonds is 10. The molecule has 1 aliphatic heterocycles. The summed E-state index contributed by atoms with van der Waals surface area (Å²) in [5.74, 6) is 2.47. The van der Waals surface area contributed by atoms with E-state index < -0.39 is 11.0 Å². The van der Waals surface area contributed by atoms with Crippen molar-refractivity contribution in [3.05, 3.63) is 53.0 Å². The van der Waals surface area contributed by atoms with E-state index in [2.05, 4.69) is 31.9 Å². The number of aromatic nitrogens is 3. The Morgan fingerprint density at radius 2 is 2.15 bits per heavy atom. The van der Waals surface area contributed by atoms with Crippen molar-refractivity contribution in [2.24, 2.45) is 0 Å². The molecule has 10 heteroatoms. The second kappa shape index (κ2) is 12.3. The first-order valence-electron chi connectivity index (χ1n) is 11.4. The molecule has 34 heavy (non-hydrogen) atoms. The van der Waals surface area contributed by atoms with Gasteiger partial charge in [-0.3, -0.25) is 4.72 Å². The molecular formula is C24H34N6O2S2. The zero-order valence-electron chi connectivity index (χ0n) is 20.5. The number of pyridine rings is 1. The summed E-state index contributed by atoms with van der Waals surface area (Å²) in [5, 5.41) is 6.83. The van der Waals surface area contributed by atoms with Crippen molar-refractivity contribution >= 4 is 39.4 Å². The van der Waals surface area contributed by atoms with E-state index in [-0.39, 0.29) is 5.25 Å². The Balaban J connectivity index is 1.83. The van der Waals surface area contributed by atoms with Gasteiger partial charge in [0.2, 0.25) is 5.95 Å². The van der Waals surface area contributed by atoms with Crippen molar-refractivity contribution in [1.82, 2.24) is 20.3 Å². The lowest BCUT2D eigenvalue weighted by atomic mass is 10.1. The van der Waals surface area contributed by atoms with Gasteiger partial charge < -0.3 is 15.4 Å². The molecule has 2 aromatic rings. The third-order valence-electron chi connectivity index (χ3n) is 5.07. The van der Waals surface area contributed by atoms with Crippen LogP contribution in [0.2, 0.25) is 0 Å². The summed E-state index contributed by atoms with van der Waals surface area (Å²) in [5.41, 5.74) is 1.65. The van der Waals surface area contributed by atoms with Crippen LogP contribution in [0.3, 0.4) is 0 Å². The van der Waals surface area contributed by atoms with E-state index in [9.17, 15) is 4.21 Å². The molecule has 3 heterocycles.